The highest BCUT2D eigenvalue weighted by Gasteiger charge is 2.30. The van der Waals surface area contributed by atoms with Gasteiger partial charge < -0.3 is 9.80 Å². The number of hydrazine groups is 1. The van der Waals surface area contributed by atoms with Crippen molar-refractivity contribution in [1.29, 1.82) is 0 Å². The molecule has 34 heavy (non-hydrogen) atoms. The van der Waals surface area contributed by atoms with E-state index in [0.29, 0.717) is 36.9 Å². The lowest BCUT2D eigenvalue weighted by molar-refractivity contribution is -0.383. The number of nitrogens with one attached hydrogen (secondary N) is 2. The van der Waals surface area contributed by atoms with E-state index >= 15 is 0 Å². The Morgan fingerprint density at radius 1 is 1.06 bits per heavy atom. The molecule has 0 saturated carbocycles. The van der Waals surface area contributed by atoms with E-state index < -0.39 is 16.5 Å². The summed E-state index contributed by atoms with van der Waals surface area (Å²) in [5.74, 6) is -1.05. The van der Waals surface area contributed by atoms with E-state index in [2.05, 4.69) is 20.8 Å². The zero-order valence-electron chi connectivity index (χ0n) is 17.5. The number of carbonyl (C=O) groups excluding carboxylic acids is 1. The van der Waals surface area contributed by atoms with E-state index in [-0.39, 0.29) is 28.0 Å². The molecule has 2 aromatic carbocycles. The molecule has 4 rings (SSSR count). The molecule has 0 radical (unpaired) electrons. The fraction of sp³-hybridized carbons (Fsp3) is 0.190. The van der Waals surface area contributed by atoms with Gasteiger partial charge in [0.05, 0.1) is 21.2 Å². The number of para-hydroxylation sites is 1. The van der Waals surface area contributed by atoms with Crippen molar-refractivity contribution in [3.8, 4) is 0 Å². The number of aromatic nitrogens is 2. The molecular weight excluding hydrogens is 488 g/mol. The van der Waals surface area contributed by atoms with Gasteiger partial charge in [-0.1, -0.05) is 35.3 Å². The number of hydrogen-bond donors (Lipinski definition) is 2. The molecule has 13 heteroatoms. The Labute approximate surface area is 203 Å². The maximum absolute atomic E-state index is 14.1. The maximum atomic E-state index is 14.1. The Kier molecular flexibility index (Phi) is 6.94. The SMILES string of the molecule is O=C(NNc1ncnc(N2CCN(c3ccccc3F)CC2)c1[N+](=O)[O-])c1ccc(Cl)cc1Cl. The topological polar surface area (TPSA) is 117 Å². The van der Waals surface area contributed by atoms with Crippen LogP contribution in [0.2, 0.25) is 10.0 Å². The molecule has 3 aromatic rings. The van der Waals surface area contributed by atoms with Crippen LogP contribution in [0.4, 0.5) is 27.4 Å². The fourth-order valence-electron chi connectivity index (χ4n) is 3.58. The van der Waals surface area contributed by atoms with Gasteiger partial charge in [-0.3, -0.25) is 25.8 Å². The first-order chi connectivity index (χ1) is 16.3. The minimum absolute atomic E-state index is 0.0921. The maximum Gasteiger partial charge on any atom is 0.355 e. The molecule has 1 aliphatic heterocycles. The van der Waals surface area contributed by atoms with Crippen LogP contribution in [0.3, 0.4) is 0 Å². The summed E-state index contributed by atoms with van der Waals surface area (Å²) in [4.78, 5) is 35.3. The van der Waals surface area contributed by atoms with Crippen molar-refractivity contribution in [2.24, 2.45) is 0 Å². The van der Waals surface area contributed by atoms with Gasteiger partial charge in [0.1, 0.15) is 12.1 Å². The molecule has 1 amide bonds. The summed E-state index contributed by atoms with van der Waals surface area (Å²) in [5.41, 5.74) is 5.04. The molecule has 0 spiro atoms. The van der Waals surface area contributed by atoms with Crippen molar-refractivity contribution in [2.45, 2.75) is 0 Å². The van der Waals surface area contributed by atoms with E-state index in [1.165, 1.54) is 24.3 Å². The number of rotatable bonds is 6. The predicted octanol–water partition coefficient (Wildman–Crippen LogP) is 3.91. The van der Waals surface area contributed by atoms with Crippen molar-refractivity contribution in [3.63, 3.8) is 0 Å². The smallest absolute Gasteiger partial charge is 0.355 e. The summed E-state index contributed by atoms with van der Waals surface area (Å²) >= 11 is 11.9. The highest BCUT2D eigenvalue weighted by molar-refractivity contribution is 6.36. The third-order valence-corrected chi connectivity index (χ3v) is 5.78. The lowest BCUT2D eigenvalue weighted by atomic mass is 10.2. The predicted molar refractivity (Wildman–Crippen MR) is 127 cm³/mol. The molecule has 1 aliphatic rings. The van der Waals surface area contributed by atoms with Crippen LogP contribution in [-0.2, 0) is 0 Å². The Balaban J connectivity index is 1.50. The van der Waals surface area contributed by atoms with Crippen LogP contribution in [0.1, 0.15) is 10.4 Å². The molecule has 2 N–H and O–H groups in total. The highest BCUT2D eigenvalue weighted by Crippen LogP contribution is 2.32. The second-order valence-corrected chi connectivity index (χ2v) is 8.12. The summed E-state index contributed by atoms with van der Waals surface area (Å²) in [6, 6.07) is 10.8. The molecular formula is C21H18Cl2FN7O3. The van der Waals surface area contributed by atoms with Crippen molar-refractivity contribution in [2.75, 3.05) is 41.4 Å². The van der Waals surface area contributed by atoms with Gasteiger partial charge in [-0.15, -0.1) is 0 Å². The Morgan fingerprint density at radius 3 is 2.44 bits per heavy atom. The first-order valence-corrected chi connectivity index (χ1v) is 10.9. The molecule has 10 nitrogen and oxygen atoms in total. The molecule has 1 aromatic heterocycles. The number of amides is 1. The molecule has 1 saturated heterocycles. The number of hydrogen-bond acceptors (Lipinski definition) is 8. The third kappa shape index (κ3) is 4.95. The minimum Gasteiger partial charge on any atom is -0.366 e. The average Bonchev–Trinajstić information content (AvgIpc) is 2.82. The Bertz CT molecular complexity index is 1240. The molecule has 0 unspecified atom stereocenters. The Morgan fingerprint density at radius 2 is 1.76 bits per heavy atom. The first kappa shape index (κ1) is 23.5. The summed E-state index contributed by atoms with van der Waals surface area (Å²) in [6.45, 7) is 1.63. The van der Waals surface area contributed by atoms with Gasteiger partial charge in [-0.2, -0.15) is 0 Å². The van der Waals surface area contributed by atoms with Crippen LogP contribution in [0.15, 0.2) is 48.8 Å². The second kappa shape index (κ2) is 10.1. The second-order valence-electron chi connectivity index (χ2n) is 7.28. The molecule has 0 atom stereocenters. The number of nitro groups is 1. The normalized spacial score (nSPS) is 13.5. The molecule has 0 bridgehead atoms. The van der Waals surface area contributed by atoms with Crippen molar-refractivity contribution in [3.05, 3.63) is 80.3 Å². The zero-order valence-corrected chi connectivity index (χ0v) is 19.1. The molecule has 1 fully saturated rings. The number of halogens is 3. The number of benzene rings is 2. The van der Waals surface area contributed by atoms with Gasteiger partial charge in [-0.05, 0) is 30.3 Å². The molecule has 0 aliphatic carbocycles. The van der Waals surface area contributed by atoms with Crippen molar-refractivity contribution < 1.29 is 14.1 Å². The van der Waals surface area contributed by atoms with Crippen LogP contribution in [-0.4, -0.2) is 47.0 Å². The van der Waals surface area contributed by atoms with E-state index in [9.17, 15) is 19.3 Å². The van der Waals surface area contributed by atoms with E-state index in [1.807, 2.05) is 4.90 Å². The quantitative estimate of drug-likeness (QED) is 0.382. The summed E-state index contributed by atoms with van der Waals surface area (Å²) in [5, 5.41) is 12.4. The fourth-order valence-corrected chi connectivity index (χ4v) is 4.08. The summed E-state index contributed by atoms with van der Waals surface area (Å²) in [7, 11) is 0. The van der Waals surface area contributed by atoms with Crippen LogP contribution in [0.25, 0.3) is 0 Å². The van der Waals surface area contributed by atoms with Crippen molar-refractivity contribution in [1.82, 2.24) is 15.4 Å². The third-order valence-electron chi connectivity index (χ3n) is 5.23. The first-order valence-electron chi connectivity index (χ1n) is 10.1. The van der Waals surface area contributed by atoms with Gasteiger partial charge in [-0.25, -0.2) is 14.4 Å². The van der Waals surface area contributed by atoms with E-state index in [1.54, 1.807) is 23.1 Å². The van der Waals surface area contributed by atoms with Gasteiger partial charge >= 0.3 is 5.69 Å². The summed E-state index contributed by atoms with van der Waals surface area (Å²) in [6.07, 6.45) is 1.16. The van der Waals surface area contributed by atoms with E-state index in [4.69, 9.17) is 23.2 Å². The standard InChI is InChI=1S/C21H18Cl2FN7O3/c22-13-5-6-14(15(23)11-13)21(32)28-27-19-18(31(33)34)20(26-12-25-19)30-9-7-29(8-10-30)17-4-2-1-3-16(17)24/h1-6,11-12H,7-10H2,(H,28,32)(H,25,26,27). The van der Waals surface area contributed by atoms with E-state index in [0.717, 1.165) is 6.33 Å². The van der Waals surface area contributed by atoms with Crippen LogP contribution in [0.5, 0.6) is 0 Å². The van der Waals surface area contributed by atoms with Gasteiger partial charge in [0.2, 0.25) is 11.6 Å². The number of piperazine rings is 1. The van der Waals surface area contributed by atoms with Gasteiger partial charge in [0.15, 0.2) is 0 Å². The van der Waals surface area contributed by atoms with Crippen LogP contribution >= 0.6 is 23.2 Å². The summed E-state index contributed by atoms with van der Waals surface area (Å²) < 4.78 is 14.1. The largest absolute Gasteiger partial charge is 0.366 e. The minimum atomic E-state index is -0.630. The van der Waals surface area contributed by atoms with Crippen molar-refractivity contribution >= 4 is 52.1 Å². The van der Waals surface area contributed by atoms with Crippen LogP contribution in [0, 0.1) is 15.9 Å². The average molecular weight is 506 g/mol. The van der Waals surface area contributed by atoms with Gasteiger partial charge in [0, 0.05) is 31.2 Å². The molecule has 2 heterocycles. The highest BCUT2D eigenvalue weighted by atomic mass is 35.5. The number of carbonyl (C=O) groups is 1. The van der Waals surface area contributed by atoms with Crippen LogP contribution < -0.4 is 20.7 Å². The monoisotopic (exact) mass is 505 g/mol. The molecule has 176 valence electrons. The number of anilines is 3. The lowest BCUT2D eigenvalue weighted by Gasteiger charge is -2.36. The van der Waals surface area contributed by atoms with Gasteiger partial charge in [0.25, 0.3) is 5.91 Å². The zero-order chi connectivity index (χ0) is 24.2. The number of nitrogens with zero attached hydrogens (tertiary/aromatic N) is 5. The Hall–Kier alpha value is -3.70. The lowest BCUT2D eigenvalue weighted by Crippen LogP contribution is -2.47.